The molecule has 0 aliphatic carbocycles. The molecule has 2 N–H and O–H groups in total. The summed E-state index contributed by atoms with van der Waals surface area (Å²) in [5.74, 6) is 0.289. The Morgan fingerprint density at radius 3 is 2.53 bits per heavy atom. The van der Waals surface area contributed by atoms with E-state index in [-0.39, 0.29) is 10.8 Å². The highest BCUT2D eigenvalue weighted by molar-refractivity contribution is 7.89. The Labute approximate surface area is 181 Å². The molecule has 0 spiro atoms. The molecule has 0 atom stereocenters. The van der Waals surface area contributed by atoms with Crippen LogP contribution in [0, 0.1) is 5.92 Å². The standard InChI is InChI=1S/C21H27N3O4S2/c1-16-10-13-24(14-11-16)30(27,28)18-8-6-17(7-9-18)21(25)22-12-2-4-19(23-26)20-5-3-15-29-20/h3,5-9,15-16,26H,2,4,10-14H2,1H3,(H,22,25)/b23-19-. The zero-order chi connectivity index (χ0) is 21.6. The quantitative estimate of drug-likeness (QED) is 0.279. The summed E-state index contributed by atoms with van der Waals surface area (Å²) < 4.78 is 27.1. The van der Waals surface area contributed by atoms with Gasteiger partial charge in [0.05, 0.1) is 15.5 Å². The molecule has 1 aromatic carbocycles. The smallest absolute Gasteiger partial charge is 0.251 e. The van der Waals surface area contributed by atoms with E-state index in [4.69, 9.17) is 5.21 Å². The molecule has 0 saturated carbocycles. The lowest BCUT2D eigenvalue weighted by atomic mass is 10.0. The average Bonchev–Trinajstić information content (AvgIpc) is 3.28. The molecule has 162 valence electrons. The van der Waals surface area contributed by atoms with Crippen LogP contribution in [0.15, 0.2) is 51.8 Å². The lowest BCUT2D eigenvalue weighted by Crippen LogP contribution is -2.37. The molecule has 2 heterocycles. The Bertz CT molecular complexity index is 962. The van der Waals surface area contributed by atoms with Gasteiger partial charge in [0.15, 0.2) is 0 Å². The first-order valence-electron chi connectivity index (χ1n) is 10.0. The topological polar surface area (TPSA) is 99.1 Å². The van der Waals surface area contributed by atoms with Gasteiger partial charge >= 0.3 is 0 Å². The Morgan fingerprint density at radius 1 is 1.23 bits per heavy atom. The lowest BCUT2D eigenvalue weighted by molar-refractivity contribution is 0.0953. The predicted octanol–water partition coefficient (Wildman–Crippen LogP) is 3.56. The predicted molar refractivity (Wildman–Crippen MR) is 118 cm³/mol. The third-order valence-electron chi connectivity index (χ3n) is 5.30. The summed E-state index contributed by atoms with van der Waals surface area (Å²) in [6.45, 7) is 3.64. The number of nitrogens with one attached hydrogen (secondary N) is 1. The Balaban J connectivity index is 1.51. The van der Waals surface area contributed by atoms with Gasteiger partial charge in [-0.15, -0.1) is 11.3 Å². The molecule has 1 aliphatic heterocycles. The van der Waals surface area contributed by atoms with Gasteiger partial charge in [0.1, 0.15) is 0 Å². The summed E-state index contributed by atoms with van der Waals surface area (Å²) >= 11 is 1.50. The first kappa shape index (κ1) is 22.5. The number of carbonyl (C=O) groups excluding carboxylic acids is 1. The minimum Gasteiger partial charge on any atom is -0.411 e. The van der Waals surface area contributed by atoms with Crippen LogP contribution in [0.5, 0.6) is 0 Å². The minimum absolute atomic E-state index is 0.216. The maximum Gasteiger partial charge on any atom is 0.251 e. The van der Waals surface area contributed by atoms with Gasteiger partial charge in [0.25, 0.3) is 5.91 Å². The second-order valence-electron chi connectivity index (χ2n) is 7.49. The molecule has 0 bridgehead atoms. The molecule has 1 aliphatic rings. The highest BCUT2D eigenvalue weighted by Crippen LogP contribution is 2.23. The SMILES string of the molecule is CC1CCN(S(=O)(=O)c2ccc(C(=O)NCCC/C(=N/O)c3cccs3)cc2)CC1. The van der Waals surface area contributed by atoms with Crippen molar-refractivity contribution in [1.82, 2.24) is 9.62 Å². The molecule has 1 fully saturated rings. The van der Waals surface area contributed by atoms with Gasteiger partial charge in [0, 0.05) is 25.2 Å². The lowest BCUT2D eigenvalue weighted by Gasteiger charge is -2.29. The van der Waals surface area contributed by atoms with Crippen LogP contribution in [0.3, 0.4) is 0 Å². The van der Waals surface area contributed by atoms with E-state index in [1.807, 2.05) is 17.5 Å². The third-order valence-corrected chi connectivity index (χ3v) is 8.13. The highest BCUT2D eigenvalue weighted by atomic mass is 32.2. The fourth-order valence-corrected chi connectivity index (χ4v) is 5.59. The van der Waals surface area contributed by atoms with Gasteiger partial charge in [-0.25, -0.2) is 8.42 Å². The van der Waals surface area contributed by atoms with Gasteiger partial charge < -0.3 is 10.5 Å². The van der Waals surface area contributed by atoms with Crippen molar-refractivity contribution < 1.29 is 18.4 Å². The largest absolute Gasteiger partial charge is 0.411 e. The summed E-state index contributed by atoms with van der Waals surface area (Å²) in [5, 5.41) is 17.2. The first-order chi connectivity index (χ1) is 14.4. The van der Waals surface area contributed by atoms with E-state index in [1.165, 1.54) is 27.8 Å². The zero-order valence-electron chi connectivity index (χ0n) is 17.0. The zero-order valence-corrected chi connectivity index (χ0v) is 18.6. The molecule has 0 radical (unpaired) electrons. The molecule has 0 unspecified atom stereocenters. The number of thiophene rings is 1. The van der Waals surface area contributed by atoms with Gasteiger partial charge in [-0.05, 0) is 67.3 Å². The maximum absolute atomic E-state index is 12.8. The van der Waals surface area contributed by atoms with Crippen molar-refractivity contribution in [2.75, 3.05) is 19.6 Å². The fourth-order valence-electron chi connectivity index (χ4n) is 3.38. The fraction of sp³-hybridized carbons (Fsp3) is 0.429. The summed E-state index contributed by atoms with van der Waals surface area (Å²) in [5.41, 5.74) is 1.01. The number of oxime groups is 1. The second kappa shape index (κ2) is 10.2. The van der Waals surface area contributed by atoms with Crippen molar-refractivity contribution in [2.24, 2.45) is 11.1 Å². The summed E-state index contributed by atoms with van der Waals surface area (Å²) in [6, 6.07) is 9.86. The van der Waals surface area contributed by atoms with Crippen molar-refractivity contribution in [2.45, 2.75) is 37.5 Å². The molecule has 3 rings (SSSR count). The molecule has 1 saturated heterocycles. The Hall–Kier alpha value is -2.23. The van der Waals surface area contributed by atoms with Crippen LogP contribution in [-0.2, 0) is 10.0 Å². The van der Waals surface area contributed by atoms with Gasteiger partial charge in [-0.3, -0.25) is 4.79 Å². The van der Waals surface area contributed by atoms with Crippen molar-refractivity contribution in [1.29, 1.82) is 0 Å². The number of piperidine rings is 1. The number of hydrogen-bond donors (Lipinski definition) is 2. The average molecular weight is 450 g/mol. The van der Waals surface area contributed by atoms with Crippen LogP contribution >= 0.6 is 11.3 Å². The molecule has 1 aromatic heterocycles. The number of sulfonamides is 1. The van der Waals surface area contributed by atoms with Crippen molar-refractivity contribution in [3.8, 4) is 0 Å². The van der Waals surface area contributed by atoms with E-state index in [1.54, 1.807) is 12.1 Å². The summed E-state index contributed by atoms with van der Waals surface area (Å²) in [4.78, 5) is 13.5. The molecule has 7 nitrogen and oxygen atoms in total. The number of carbonyl (C=O) groups is 1. The molecule has 30 heavy (non-hydrogen) atoms. The van der Waals surface area contributed by atoms with Crippen LogP contribution in [0.2, 0.25) is 0 Å². The van der Waals surface area contributed by atoms with Gasteiger partial charge in [-0.1, -0.05) is 18.1 Å². The monoisotopic (exact) mass is 449 g/mol. The number of rotatable bonds is 8. The van der Waals surface area contributed by atoms with Gasteiger partial charge in [-0.2, -0.15) is 4.31 Å². The van der Waals surface area contributed by atoms with Crippen LogP contribution < -0.4 is 5.32 Å². The third kappa shape index (κ3) is 5.47. The van der Waals surface area contributed by atoms with E-state index < -0.39 is 10.0 Å². The Kier molecular flexibility index (Phi) is 7.63. The molecule has 9 heteroatoms. The van der Waals surface area contributed by atoms with Crippen LogP contribution in [-0.4, -0.2) is 49.2 Å². The van der Waals surface area contributed by atoms with Gasteiger partial charge in [0.2, 0.25) is 10.0 Å². The normalized spacial score (nSPS) is 16.5. The van der Waals surface area contributed by atoms with Crippen LogP contribution in [0.25, 0.3) is 0 Å². The van der Waals surface area contributed by atoms with E-state index >= 15 is 0 Å². The van der Waals surface area contributed by atoms with Crippen molar-refractivity contribution >= 4 is 33.0 Å². The van der Waals surface area contributed by atoms with Crippen LogP contribution in [0.4, 0.5) is 0 Å². The summed E-state index contributed by atoms with van der Waals surface area (Å²) in [7, 11) is -3.52. The first-order valence-corrected chi connectivity index (χ1v) is 12.4. The van der Waals surface area contributed by atoms with Crippen molar-refractivity contribution in [3.63, 3.8) is 0 Å². The Morgan fingerprint density at radius 2 is 1.93 bits per heavy atom. The number of hydrogen-bond acceptors (Lipinski definition) is 6. The summed E-state index contributed by atoms with van der Waals surface area (Å²) in [6.07, 6.45) is 2.91. The van der Waals surface area contributed by atoms with Crippen molar-refractivity contribution in [3.05, 3.63) is 52.2 Å². The number of benzene rings is 1. The van der Waals surface area contributed by atoms with Crippen LogP contribution in [0.1, 0.15) is 47.8 Å². The molecule has 2 aromatic rings. The van der Waals surface area contributed by atoms with E-state index in [2.05, 4.69) is 17.4 Å². The molecule has 1 amide bonds. The molecular weight excluding hydrogens is 422 g/mol. The maximum atomic E-state index is 12.8. The highest BCUT2D eigenvalue weighted by Gasteiger charge is 2.28. The van der Waals surface area contributed by atoms with E-state index in [0.717, 1.165) is 17.7 Å². The number of amides is 1. The minimum atomic E-state index is -3.52. The number of nitrogens with zero attached hydrogens (tertiary/aromatic N) is 2. The molecular formula is C21H27N3O4S2. The van der Waals surface area contributed by atoms with E-state index in [9.17, 15) is 13.2 Å². The second-order valence-corrected chi connectivity index (χ2v) is 10.4. The van der Waals surface area contributed by atoms with E-state index in [0.29, 0.717) is 49.7 Å².